The topological polar surface area (TPSA) is 122 Å². The Labute approximate surface area is 241 Å². The van der Waals surface area contributed by atoms with Crippen LogP contribution in [0.4, 0.5) is 15.9 Å². The minimum absolute atomic E-state index is 0.0672. The molecule has 0 saturated carbocycles. The third-order valence-electron chi connectivity index (χ3n) is 8.78. The summed E-state index contributed by atoms with van der Waals surface area (Å²) in [6.07, 6.45) is 2.72. The molecule has 0 unspecified atom stereocenters. The van der Waals surface area contributed by atoms with Gasteiger partial charge in [-0.15, -0.1) is 0 Å². The zero-order valence-electron chi connectivity index (χ0n) is 22.8. The van der Waals surface area contributed by atoms with Gasteiger partial charge in [-0.05, 0) is 59.9 Å². The van der Waals surface area contributed by atoms with Crippen LogP contribution < -0.4 is 16.0 Å². The van der Waals surface area contributed by atoms with E-state index >= 15 is 0 Å². The Morgan fingerprint density at radius 2 is 1.81 bits per heavy atom. The lowest BCUT2D eigenvalue weighted by Gasteiger charge is -2.45. The fourth-order valence-corrected chi connectivity index (χ4v) is 6.64. The molecule has 10 nitrogen and oxygen atoms in total. The minimum Gasteiger partial charge on any atom is -0.376 e. The lowest BCUT2D eigenvalue weighted by molar-refractivity contribution is -0.151. The van der Waals surface area contributed by atoms with E-state index in [9.17, 15) is 18.8 Å². The van der Waals surface area contributed by atoms with Gasteiger partial charge in [0.05, 0.1) is 37.9 Å². The molecule has 7 rings (SSSR count). The number of hydrogen-bond donors (Lipinski definition) is 3. The van der Waals surface area contributed by atoms with Crippen LogP contribution in [0.25, 0.3) is 0 Å². The molecule has 11 heteroatoms. The van der Waals surface area contributed by atoms with Gasteiger partial charge in [-0.25, -0.2) is 9.37 Å². The summed E-state index contributed by atoms with van der Waals surface area (Å²) in [6, 6.07) is 14.9. The summed E-state index contributed by atoms with van der Waals surface area (Å²) in [5.41, 5.74) is 2.39. The standard InChI is InChI=1S/C31H30FN5O5/c32-22-6-3-19(4-7-22)25-15-34-31(17-41-10-11-42-18-31)29(40)37(25)16-26(38)35-23-8-5-20-13-30(14-21(20)12-23)24-2-1-9-33-27(24)36-28(30)39/h1-9,12,25,34H,10-11,13-18H2,(H,35,38)(H,33,36,39)/t25-,30+/m0/s1. The van der Waals surface area contributed by atoms with Crippen LogP contribution >= 0.6 is 0 Å². The number of halogens is 1. The van der Waals surface area contributed by atoms with Gasteiger partial charge in [0.25, 0.3) is 0 Å². The van der Waals surface area contributed by atoms with Gasteiger partial charge in [-0.1, -0.05) is 24.3 Å². The number of hydrogen-bond acceptors (Lipinski definition) is 7. The number of carbonyl (C=O) groups excluding carboxylic acids is 3. The molecule has 2 saturated heterocycles. The van der Waals surface area contributed by atoms with Crippen molar-refractivity contribution in [1.82, 2.24) is 15.2 Å². The first-order chi connectivity index (χ1) is 20.4. The van der Waals surface area contributed by atoms with Crippen LogP contribution in [0.2, 0.25) is 0 Å². The number of amides is 3. The molecular formula is C31H30FN5O5. The summed E-state index contributed by atoms with van der Waals surface area (Å²) >= 11 is 0. The Kier molecular flexibility index (Phi) is 6.52. The van der Waals surface area contributed by atoms with E-state index in [4.69, 9.17) is 9.47 Å². The average molecular weight is 572 g/mol. The zero-order chi connectivity index (χ0) is 28.9. The van der Waals surface area contributed by atoms with Crippen LogP contribution in [0.1, 0.15) is 28.3 Å². The predicted molar refractivity (Wildman–Crippen MR) is 150 cm³/mol. The first kappa shape index (κ1) is 26.7. The maximum atomic E-state index is 13.9. The number of benzene rings is 2. The normalized spacial score (nSPS) is 24.3. The Morgan fingerprint density at radius 3 is 2.60 bits per heavy atom. The number of pyridine rings is 1. The van der Waals surface area contributed by atoms with Crippen LogP contribution in [0.5, 0.6) is 0 Å². The first-order valence-corrected chi connectivity index (χ1v) is 14.0. The Hall–Kier alpha value is -4.19. The van der Waals surface area contributed by atoms with Crippen molar-refractivity contribution in [1.29, 1.82) is 0 Å². The molecule has 4 heterocycles. The van der Waals surface area contributed by atoms with Crippen LogP contribution in [-0.2, 0) is 42.1 Å². The average Bonchev–Trinajstić information content (AvgIpc) is 3.38. The van der Waals surface area contributed by atoms with E-state index in [2.05, 4.69) is 20.9 Å². The number of ether oxygens (including phenoxy) is 2. The van der Waals surface area contributed by atoms with E-state index in [1.165, 1.54) is 17.0 Å². The van der Waals surface area contributed by atoms with Crippen molar-refractivity contribution in [2.24, 2.45) is 0 Å². The van der Waals surface area contributed by atoms with Gasteiger partial charge in [-0.2, -0.15) is 0 Å². The van der Waals surface area contributed by atoms with Crippen molar-refractivity contribution in [3.63, 3.8) is 0 Å². The van der Waals surface area contributed by atoms with Crippen LogP contribution in [0.15, 0.2) is 60.8 Å². The summed E-state index contributed by atoms with van der Waals surface area (Å²) in [7, 11) is 0. The minimum atomic E-state index is -1.11. The third-order valence-corrected chi connectivity index (χ3v) is 8.78. The quantitative estimate of drug-likeness (QED) is 0.439. The first-order valence-electron chi connectivity index (χ1n) is 14.0. The lowest BCUT2D eigenvalue weighted by Crippen LogP contribution is -2.69. The van der Waals surface area contributed by atoms with Crippen molar-refractivity contribution in [3.05, 3.63) is 88.9 Å². The van der Waals surface area contributed by atoms with E-state index in [0.717, 1.165) is 16.7 Å². The van der Waals surface area contributed by atoms with E-state index in [1.54, 1.807) is 18.3 Å². The highest BCUT2D eigenvalue weighted by Gasteiger charge is 2.51. The zero-order valence-corrected chi connectivity index (χ0v) is 22.8. The summed E-state index contributed by atoms with van der Waals surface area (Å²) < 4.78 is 25.0. The molecule has 0 bridgehead atoms. The molecule has 42 heavy (non-hydrogen) atoms. The number of aromatic nitrogens is 1. The molecule has 3 N–H and O–H groups in total. The number of nitrogens with zero attached hydrogens (tertiary/aromatic N) is 2. The van der Waals surface area contributed by atoms with Gasteiger partial charge >= 0.3 is 0 Å². The van der Waals surface area contributed by atoms with E-state index in [-0.39, 0.29) is 43.3 Å². The highest BCUT2D eigenvalue weighted by atomic mass is 19.1. The van der Waals surface area contributed by atoms with Gasteiger partial charge in [0.2, 0.25) is 17.7 Å². The van der Waals surface area contributed by atoms with Gasteiger partial charge < -0.3 is 25.0 Å². The molecule has 216 valence electrons. The fraction of sp³-hybridized carbons (Fsp3) is 0.355. The second-order valence-corrected chi connectivity index (χ2v) is 11.4. The van der Waals surface area contributed by atoms with Crippen LogP contribution in [0.3, 0.4) is 0 Å². The highest BCUT2D eigenvalue weighted by molar-refractivity contribution is 6.06. The number of rotatable bonds is 4. The van der Waals surface area contributed by atoms with Crippen molar-refractivity contribution >= 4 is 29.2 Å². The maximum Gasteiger partial charge on any atom is 0.248 e. The number of anilines is 2. The molecule has 1 aliphatic carbocycles. The molecule has 4 aliphatic rings. The second kappa shape index (κ2) is 10.3. The molecule has 3 aromatic rings. The summed E-state index contributed by atoms with van der Waals surface area (Å²) in [4.78, 5) is 46.3. The molecule has 2 spiro atoms. The van der Waals surface area contributed by atoms with Crippen LogP contribution in [-0.4, -0.2) is 72.7 Å². The molecule has 1 aromatic heterocycles. The SMILES string of the molecule is O=C(CN1C(=O)C2(COCCOC2)NC[C@H]1c1ccc(F)cc1)Nc1ccc2c(c1)C[C@@]1(C2)C(=O)Nc2ncccc21. The third kappa shape index (κ3) is 4.44. The van der Waals surface area contributed by atoms with Gasteiger partial charge in [-0.3, -0.25) is 19.7 Å². The molecule has 3 aliphatic heterocycles. The van der Waals surface area contributed by atoms with Gasteiger partial charge in [0, 0.05) is 24.0 Å². The molecule has 2 fully saturated rings. The molecule has 0 radical (unpaired) electrons. The predicted octanol–water partition coefficient (Wildman–Crippen LogP) is 2.11. The van der Waals surface area contributed by atoms with Crippen molar-refractivity contribution in [2.75, 3.05) is 50.2 Å². The molecule has 3 amide bonds. The number of piperazine rings is 1. The molecule has 2 aromatic carbocycles. The molecule has 2 atom stereocenters. The van der Waals surface area contributed by atoms with E-state index in [1.807, 2.05) is 30.3 Å². The summed E-state index contributed by atoms with van der Waals surface area (Å²) in [5, 5.41) is 9.15. The number of carbonyl (C=O) groups is 3. The van der Waals surface area contributed by atoms with Crippen molar-refractivity contribution < 1.29 is 28.2 Å². The highest BCUT2D eigenvalue weighted by Crippen LogP contribution is 2.47. The van der Waals surface area contributed by atoms with E-state index in [0.29, 0.717) is 49.7 Å². The Balaban J connectivity index is 1.11. The lowest BCUT2D eigenvalue weighted by atomic mass is 9.79. The molecular weight excluding hydrogens is 541 g/mol. The van der Waals surface area contributed by atoms with E-state index < -0.39 is 17.0 Å². The largest absolute Gasteiger partial charge is 0.376 e. The summed E-state index contributed by atoms with van der Waals surface area (Å²) in [5.74, 6) is -0.530. The maximum absolute atomic E-state index is 13.9. The second-order valence-electron chi connectivity index (χ2n) is 11.4. The number of fused-ring (bicyclic) bond motifs is 3. The van der Waals surface area contributed by atoms with Gasteiger partial charge in [0.15, 0.2) is 0 Å². The van der Waals surface area contributed by atoms with Gasteiger partial charge in [0.1, 0.15) is 23.7 Å². The summed E-state index contributed by atoms with van der Waals surface area (Å²) in [6.45, 7) is 1.13. The smallest absolute Gasteiger partial charge is 0.248 e. The van der Waals surface area contributed by atoms with Crippen LogP contribution in [0, 0.1) is 5.82 Å². The Bertz CT molecular complexity index is 1570. The monoisotopic (exact) mass is 571 g/mol. The fourth-order valence-electron chi connectivity index (χ4n) is 6.64. The van der Waals surface area contributed by atoms with Crippen molar-refractivity contribution in [3.8, 4) is 0 Å². The van der Waals surface area contributed by atoms with Crippen molar-refractivity contribution in [2.45, 2.75) is 29.8 Å². The Morgan fingerprint density at radius 1 is 1.05 bits per heavy atom. The number of nitrogens with one attached hydrogen (secondary N) is 3.